The van der Waals surface area contributed by atoms with Crippen LogP contribution in [-0.4, -0.2) is 25.4 Å². The number of carbonyl (C=O) groups is 1. The van der Waals surface area contributed by atoms with Crippen molar-refractivity contribution in [3.8, 4) is 5.75 Å². The molecular formula is C13H16O3S. The SMILES string of the molecule is CCOC(=O)/C=C/COc1ccc(SC)cc1. The van der Waals surface area contributed by atoms with Crippen LogP contribution in [0.15, 0.2) is 41.3 Å². The minimum absolute atomic E-state index is 0.339. The topological polar surface area (TPSA) is 35.5 Å². The fourth-order valence-electron chi connectivity index (χ4n) is 1.15. The molecule has 0 atom stereocenters. The number of thioether (sulfide) groups is 1. The Labute approximate surface area is 106 Å². The fraction of sp³-hybridized carbons (Fsp3) is 0.308. The van der Waals surface area contributed by atoms with Crippen LogP contribution in [0.5, 0.6) is 5.75 Å². The largest absolute Gasteiger partial charge is 0.490 e. The summed E-state index contributed by atoms with van der Waals surface area (Å²) < 4.78 is 10.2. The van der Waals surface area contributed by atoms with Gasteiger partial charge in [-0.3, -0.25) is 0 Å². The third-order valence-electron chi connectivity index (χ3n) is 1.95. The van der Waals surface area contributed by atoms with E-state index in [9.17, 15) is 4.79 Å². The Hall–Kier alpha value is -1.42. The standard InChI is InChI=1S/C13H16O3S/c1-3-15-13(14)5-4-10-16-11-6-8-12(17-2)9-7-11/h4-9H,3,10H2,1-2H3/b5-4+. The Morgan fingerprint density at radius 2 is 2.06 bits per heavy atom. The lowest BCUT2D eigenvalue weighted by Crippen LogP contribution is -2.00. The predicted molar refractivity (Wildman–Crippen MR) is 69.5 cm³/mol. The van der Waals surface area contributed by atoms with Gasteiger partial charge >= 0.3 is 5.97 Å². The zero-order valence-corrected chi connectivity index (χ0v) is 10.8. The van der Waals surface area contributed by atoms with Crippen molar-refractivity contribution in [1.82, 2.24) is 0 Å². The second-order valence-electron chi connectivity index (χ2n) is 3.14. The van der Waals surface area contributed by atoms with Gasteiger partial charge in [-0.2, -0.15) is 0 Å². The highest BCUT2D eigenvalue weighted by molar-refractivity contribution is 7.98. The highest BCUT2D eigenvalue weighted by Gasteiger charge is 1.94. The van der Waals surface area contributed by atoms with Crippen molar-refractivity contribution in [1.29, 1.82) is 0 Å². The molecule has 0 heterocycles. The molecule has 0 unspecified atom stereocenters. The van der Waals surface area contributed by atoms with E-state index in [1.807, 2.05) is 30.5 Å². The maximum absolute atomic E-state index is 11.0. The summed E-state index contributed by atoms with van der Waals surface area (Å²) in [7, 11) is 0. The Morgan fingerprint density at radius 3 is 2.65 bits per heavy atom. The first-order valence-corrected chi connectivity index (χ1v) is 6.59. The lowest BCUT2D eigenvalue weighted by molar-refractivity contribution is -0.137. The summed E-state index contributed by atoms with van der Waals surface area (Å²) in [5, 5.41) is 0. The summed E-state index contributed by atoms with van der Waals surface area (Å²) >= 11 is 1.68. The van der Waals surface area contributed by atoms with Crippen LogP contribution in [-0.2, 0) is 9.53 Å². The third-order valence-corrected chi connectivity index (χ3v) is 2.69. The molecule has 0 aromatic heterocycles. The van der Waals surface area contributed by atoms with Crippen LogP contribution >= 0.6 is 11.8 Å². The molecule has 0 radical (unpaired) electrons. The van der Waals surface area contributed by atoms with Gasteiger partial charge in [-0.1, -0.05) is 0 Å². The molecule has 4 heteroatoms. The first-order valence-electron chi connectivity index (χ1n) is 5.36. The minimum Gasteiger partial charge on any atom is -0.490 e. The second kappa shape index (κ2) is 7.79. The van der Waals surface area contributed by atoms with E-state index in [-0.39, 0.29) is 5.97 Å². The van der Waals surface area contributed by atoms with E-state index >= 15 is 0 Å². The van der Waals surface area contributed by atoms with Gasteiger partial charge in [0.15, 0.2) is 0 Å². The average Bonchev–Trinajstić information content (AvgIpc) is 2.36. The molecule has 0 aliphatic rings. The summed E-state index contributed by atoms with van der Waals surface area (Å²) in [4.78, 5) is 12.2. The maximum Gasteiger partial charge on any atom is 0.330 e. The van der Waals surface area contributed by atoms with Crippen molar-refractivity contribution in [2.75, 3.05) is 19.5 Å². The van der Waals surface area contributed by atoms with Crippen LogP contribution in [0.3, 0.4) is 0 Å². The zero-order valence-electron chi connectivity index (χ0n) is 10.0. The molecule has 0 aliphatic carbocycles. The number of esters is 1. The quantitative estimate of drug-likeness (QED) is 0.443. The van der Waals surface area contributed by atoms with Crippen molar-refractivity contribution in [2.45, 2.75) is 11.8 Å². The van der Waals surface area contributed by atoms with Crippen LogP contribution in [0.1, 0.15) is 6.92 Å². The summed E-state index contributed by atoms with van der Waals surface area (Å²) in [6.07, 6.45) is 5.04. The van der Waals surface area contributed by atoms with E-state index in [1.54, 1.807) is 24.8 Å². The molecule has 1 aromatic rings. The lowest BCUT2D eigenvalue weighted by atomic mass is 10.3. The van der Waals surface area contributed by atoms with Crippen molar-refractivity contribution >= 4 is 17.7 Å². The molecule has 0 aliphatic heterocycles. The minimum atomic E-state index is -0.339. The van der Waals surface area contributed by atoms with Crippen LogP contribution in [0.2, 0.25) is 0 Å². The third kappa shape index (κ3) is 5.45. The molecule has 0 amide bonds. The highest BCUT2D eigenvalue weighted by atomic mass is 32.2. The van der Waals surface area contributed by atoms with Gasteiger partial charge in [0.1, 0.15) is 12.4 Å². The van der Waals surface area contributed by atoms with Gasteiger partial charge in [-0.05, 0) is 43.5 Å². The Kier molecular flexibility index (Phi) is 6.25. The molecule has 17 heavy (non-hydrogen) atoms. The summed E-state index contributed by atoms with van der Waals surface area (Å²) in [5.41, 5.74) is 0. The Balaban J connectivity index is 2.32. The van der Waals surface area contributed by atoms with Crippen molar-refractivity contribution in [3.63, 3.8) is 0 Å². The first kappa shape index (κ1) is 13.6. The van der Waals surface area contributed by atoms with Gasteiger partial charge in [0, 0.05) is 11.0 Å². The maximum atomic E-state index is 11.0. The van der Waals surface area contributed by atoms with E-state index < -0.39 is 0 Å². The average molecular weight is 252 g/mol. The van der Waals surface area contributed by atoms with E-state index in [1.165, 1.54) is 11.0 Å². The summed E-state index contributed by atoms with van der Waals surface area (Å²) in [6.45, 7) is 2.52. The molecule has 1 aromatic carbocycles. The van der Waals surface area contributed by atoms with Gasteiger partial charge in [0.05, 0.1) is 6.61 Å². The van der Waals surface area contributed by atoms with Crippen LogP contribution in [0.4, 0.5) is 0 Å². The number of ether oxygens (including phenoxy) is 2. The molecular weight excluding hydrogens is 236 g/mol. The Bertz CT molecular complexity index is 371. The molecule has 92 valence electrons. The molecule has 0 spiro atoms. The van der Waals surface area contributed by atoms with Gasteiger partial charge in [-0.25, -0.2) is 4.79 Å². The molecule has 0 bridgehead atoms. The molecule has 1 rings (SSSR count). The summed E-state index contributed by atoms with van der Waals surface area (Å²) in [6, 6.07) is 7.80. The van der Waals surface area contributed by atoms with E-state index in [4.69, 9.17) is 9.47 Å². The van der Waals surface area contributed by atoms with Gasteiger partial charge in [-0.15, -0.1) is 11.8 Å². The van der Waals surface area contributed by atoms with E-state index in [2.05, 4.69) is 0 Å². The second-order valence-corrected chi connectivity index (χ2v) is 4.02. The van der Waals surface area contributed by atoms with Crippen molar-refractivity contribution in [2.24, 2.45) is 0 Å². The molecule has 0 fully saturated rings. The normalized spacial score (nSPS) is 10.5. The molecule has 0 saturated heterocycles. The smallest absolute Gasteiger partial charge is 0.330 e. The van der Waals surface area contributed by atoms with E-state index in [0.29, 0.717) is 13.2 Å². The van der Waals surface area contributed by atoms with Gasteiger partial charge < -0.3 is 9.47 Å². The number of rotatable bonds is 6. The predicted octanol–water partition coefficient (Wildman–Crippen LogP) is 2.91. The van der Waals surface area contributed by atoms with E-state index in [0.717, 1.165) is 5.75 Å². The number of hydrogen-bond acceptors (Lipinski definition) is 4. The fourth-order valence-corrected chi connectivity index (χ4v) is 1.56. The van der Waals surface area contributed by atoms with Crippen LogP contribution in [0, 0.1) is 0 Å². The highest BCUT2D eigenvalue weighted by Crippen LogP contribution is 2.18. The number of benzene rings is 1. The molecule has 0 N–H and O–H groups in total. The number of hydrogen-bond donors (Lipinski definition) is 0. The van der Waals surface area contributed by atoms with Crippen LogP contribution in [0.25, 0.3) is 0 Å². The first-order chi connectivity index (χ1) is 8.26. The Morgan fingerprint density at radius 1 is 1.35 bits per heavy atom. The monoisotopic (exact) mass is 252 g/mol. The van der Waals surface area contributed by atoms with Crippen LogP contribution < -0.4 is 4.74 Å². The van der Waals surface area contributed by atoms with Gasteiger partial charge in [0.25, 0.3) is 0 Å². The van der Waals surface area contributed by atoms with Crippen molar-refractivity contribution in [3.05, 3.63) is 36.4 Å². The lowest BCUT2D eigenvalue weighted by Gasteiger charge is -2.03. The molecule has 0 saturated carbocycles. The molecule has 3 nitrogen and oxygen atoms in total. The summed E-state index contributed by atoms with van der Waals surface area (Å²) in [5.74, 6) is 0.449. The van der Waals surface area contributed by atoms with Crippen molar-refractivity contribution < 1.29 is 14.3 Å². The zero-order chi connectivity index (χ0) is 12.5. The number of carbonyl (C=O) groups excluding carboxylic acids is 1. The van der Waals surface area contributed by atoms with Gasteiger partial charge in [0.2, 0.25) is 0 Å².